The first-order valence-electron chi connectivity index (χ1n) is 6.56. The molecule has 0 spiro atoms. The largest absolute Gasteiger partial charge is 0.379 e. The van der Waals surface area contributed by atoms with Crippen LogP contribution in [0.5, 0.6) is 0 Å². The Morgan fingerprint density at radius 1 is 1.20 bits per heavy atom. The lowest BCUT2D eigenvalue weighted by Gasteiger charge is -2.31. The average Bonchev–Trinajstić information content (AvgIpc) is 2.30. The van der Waals surface area contributed by atoms with E-state index in [4.69, 9.17) is 4.74 Å². The molecule has 0 N–H and O–H groups in total. The van der Waals surface area contributed by atoms with Crippen molar-refractivity contribution in [2.45, 2.75) is 53.6 Å². The Kier molecular flexibility index (Phi) is 9.12. The van der Waals surface area contributed by atoms with E-state index in [1.54, 1.807) is 0 Å². The van der Waals surface area contributed by atoms with Crippen molar-refractivity contribution in [3.63, 3.8) is 0 Å². The first-order chi connectivity index (χ1) is 7.22. The molecule has 0 aliphatic carbocycles. The maximum absolute atomic E-state index is 5.63. The summed E-state index contributed by atoms with van der Waals surface area (Å²) in [4.78, 5) is 2.52. The minimum atomic E-state index is 0.393. The van der Waals surface area contributed by atoms with Gasteiger partial charge in [-0.25, -0.2) is 0 Å². The van der Waals surface area contributed by atoms with Crippen LogP contribution in [-0.2, 0) is 4.74 Å². The summed E-state index contributed by atoms with van der Waals surface area (Å²) >= 11 is 0. The van der Waals surface area contributed by atoms with E-state index >= 15 is 0 Å². The fourth-order valence-corrected chi connectivity index (χ4v) is 1.80. The Balaban J connectivity index is 0.000000921. The molecule has 0 bridgehead atoms. The maximum Gasteiger partial charge on any atom is 0.0519 e. The summed E-state index contributed by atoms with van der Waals surface area (Å²) in [5.41, 5.74) is 0. The fraction of sp³-hybridized carbons (Fsp3) is 1.00. The van der Waals surface area contributed by atoms with Gasteiger partial charge in [-0.15, -0.1) is 0 Å². The second-order valence-corrected chi connectivity index (χ2v) is 4.26. The lowest BCUT2D eigenvalue weighted by Crippen LogP contribution is -2.35. The zero-order valence-electron chi connectivity index (χ0n) is 11.3. The molecular weight excluding hydrogens is 186 g/mol. The van der Waals surface area contributed by atoms with Crippen molar-refractivity contribution < 1.29 is 4.74 Å². The summed E-state index contributed by atoms with van der Waals surface area (Å²) in [5.74, 6) is 0.810. The minimum absolute atomic E-state index is 0.393. The molecule has 0 amide bonds. The molecule has 15 heavy (non-hydrogen) atoms. The van der Waals surface area contributed by atoms with Gasteiger partial charge in [0, 0.05) is 6.61 Å². The molecule has 2 heteroatoms. The monoisotopic (exact) mass is 215 g/mol. The first kappa shape index (κ1) is 14.9. The summed E-state index contributed by atoms with van der Waals surface area (Å²) in [6.45, 7) is 15.2. The molecule has 1 heterocycles. The van der Waals surface area contributed by atoms with Gasteiger partial charge in [0.05, 0.1) is 6.10 Å². The Bertz CT molecular complexity index is 128. The Morgan fingerprint density at radius 3 is 2.13 bits per heavy atom. The van der Waals surface area contributed by atoms with Gasteiger partial charge in [0.25, 0.3) is 0 Å². The molecule has 1 aliphatic heterocycles. The highest BCUT2D eigenvalue weighted by Gasteiger charge is 2.18. The number of rotatable bonds is 4. The summed E-state index contributed by atoms with van der Waals surface area (Å²) in [7, 11) is 0. The van der Waals surface area contributed by atoms with Crippen molar-refractivity contribution in [3.05, 3.63) is 0 Å². The van der Waals surface area contributed by atoms with Gasteiger partial charge in [-0.1, -0.05) is 20.8 Å². The quantitative estimate of drug-likeness (QED) is 0.714. The van der Waals surface area contributed by atoms with E-state index in [-0.39, 0.29) is 0 Å². The summed E-state index contributed by atoms with van der Waals surface area (Å²) in [6, 6.07) is 0. The normalized spacial score (nSPS) is 18.8. The van der Waals surface area contributed by atoms with Crippen molar-refractivity contribution in [2.75, 3.05) is 26.2 Å². The van der Waals surface area contributed by atoms with Crippen LogP contribution in [0.15, 0.2) is 0 Å². The predicted octanol–water partition coefficient (Wildman–Crippen LogP) is 3.17. The zero-order chi connectivity index (χ0) is 11.7. The topological polar surface area (TPSA) is 12.5 Å². The molecule has 0 unspecified atom stereocenters. The number of piperidine rings is 1. The number of hydrogen-bond acceptors (Lipinski definition) is 2. The fourth-order valence-electron chi connectivity index (χ4n) is 1.80. The summed E-state index contributed by atoms with van der Waals surface area (Å²) in [6.07, 6.45) is 3.03. The van der Waals surface area contributed by atoms with Gasteiger partial charge in [-0.2, -0.15) is 0 Å². The number of nitrogens with zero attached hydrogens (tertiary/aromatic N) is 1. The molecule has 92 valence electrons. The second-order valence-electron chi connectivity index (χ2n) is 4.26. The van der Waals surface area contributed by atoms with Crippen LogP contribution in [0, 0.1) is 5.92 Å². The van der Waals surface area contributed by atoms with Gasteiger partial charge in [-0.05, 0) is 52.2 Å². The minimum Gasteiger partial charge on any atom is -0.379 e. The van der Waals surface area contributed by atoms with Crippen LogP contribution < -0.4 is 0 Å². The molecule has 0 saturated carbocycles. The van der Waals surface area contributed by atoms with Crippen LogP contribution >= 0.6 is 0 Å². The van der Waals surface area contributed by atoms with E-state index in [1.807, 2.05) is 13.8 Å². The van der Waals surface area contributed by atoms with Gasteiger partial charge in [-0.3, -0.25) is 0 Å². The molecule has 2 nitrogen and oxygen atoms in total. The third-order valence-electron chi connectivity index (χ3n) is 2.82. The van der Waals surface area contributed by atoms with E-state index in [9.17, 15) is 0 Å². The Hall–Kier alpha value is -0.0800. The zero-order valence-corrected chi connectivity index (χ0v) is 11.3. The van der Waals surface area contributed by atoms with Gasteiger partial charge in [0.2, 0.25) is 0 Å². The highest BCUT2D eigenvalue weighted by Crippen LogP contribution is 2.17. The summed E-state index contributed by atoms with van der Waals surface area (Å²) < 4.78 is 5.63. The number of hydrogen-bond donors (Lipinski definition) is 0. The van der Waals surface area contributed by atoms with Gasteiger partial charge in [0.15, 0.2) is 0 Å². The van der Waals surface area contributed by atoms with Crippen LogP contribution in [0.25, 0.3) is 0 Å². The molecule has 0 aromatic rings. The van der Waals surface area contributed by atoms with Gasteiger partial charge >= 0.3 is 0 Å². The van der Waals surface area contributed by atoms with E-state index < -0.39 is 0 Å². The van der Waals surface area contributed by atoms with Crippen molar-refractivity contribution in [2.24, 2.45) is 5.92 Å². The molecule has 0 atom stereocenters. The second kappa shape index (κ2) is 9.17. The molecule has 1 fully saturated rings. The third kappa shape index (κ3) is 6.91. The van der Waals surface area contributed by atoms with Crippen molar-refractivity contribution in [1.82, 2.24) is 4.90 Å². The van der Waals surface area contributed by atoms with Crippen molar-refractivity contribution in [3.8, 4) is 0 Å². The third-order valence-corrected chi connectivity index (χ3v) is 2.82. The summed E-state index contributed by atoms with van der Waals surface area (Å²) in [5, 5.41) is 0. The SMILES string of the molecule is CC.CCN1CCC(COC(C)C)CC1. The van der Waals surface area contributed by atoms with E-state index in [2.05, 4.69) is 25.7 Å². The molecule has 0 aromatic carbocycles. The van der Waals surface area contributed by atoms with Gasteiger partial charge < -0.3 is 9.64 Å². The molecular formula is C13H29NO. The van der Waals surface area contributed by atoms with E-state index in [1.165, 1.54) is 32.5 Å². The lowest BCUT2D eigenvalue weighted by molar-refractivity contribution is 0.0312. The molecule has 1 saturated heterocycles. The van der Waals surface area contributed by atoms with Gasteiger partial charge in [0.1, 0.15) is 0 Å². The van der Waals surface area contributed by atoms with Crippen molar-refractivity contribution >= 4 is 0 Å². The smallest absolute Gasteiger partial charge is 0.0519 e. The Morgan fingerprint density at radius 2 is 1.73 bits per heavy atom. The highest BCUT2D eigenvalue weighted by molar-refractivity contribution is 4.71. The number of likely N-dealkylation sites (tertiary alicyclic amines) is 1. The molecule has 0 radical (unpaired) electrons. The van der Waals surface area contributed by atoms with E-state index in [0.717, 1.165) is 12.5 Å². The van der Waals surface area contributed by atoms with E-state index in [0.29, 0.717) is 6.10 Å². The lowest BCUT2D eigenvalue weighted by atomic mass is 9.98. The first-order valence-corrected chi connectivity index (χ1v) is 6.56. The van der Waals surface area contributed by atoms with Crippen LogP contribution in [0.4, 0.5) is 0 Å². The van der Waals surface area contributed by atoms with Crippen molar-refractivity contribution in [1.29, 1.82) is 0 Å². The Labute approximate surface area is 96.0 Å². The molecule has 1 aliphatic rings. The highest BCUT2D eigenvalue weighted by atomic mass is 16.5. The molecule has 0 aromatic heterocycles. The number of ether oxygens (including phenoxy) is 1. The average molecular weight is 215 g/mol. The van der Waals surface area contributed by atoms with Crippen LogP contribution in [-0.4, -0.2) is 37.2 Å². The van der Waals surface area contributed by atoms with Crippen LogP contribution in [0.1, 0.15) is 47.5 Å². The maximum atomic E-state index is 5.63. The predicted molar refractivity (Wildman–Crippen MR) is 67.3 cm³/mol. The standard InChI is InChI=1S/C11H23NO.C2H6/c1-4-12-7-5-11(6-8-12)9-13-10(2)3;1-2/h10-11H,4-9H2,1-3H3;1-2H3. The van der Waals surface area contributed by atoms with Crippen LogP contribution in [0.3, 0.4) is 0 Å². The molecule has 1 rings (SSSR count). The van der Waals surface area contributed by atoms with Crippen LogP contribution in [0.2, 0.25) is 0 Å².